The van der Waals surface area contributed by atoms with Crippen LogP contribution in [-0.2, 0) is 4.84 Å². The van der Waals surface area contributed by atoms with Gasteiger partial charge in [0.1, 0.15) is 0 Å². The van der Waals surface area contributed by atoms with Gasteiger partial charge in [-0.1, -0.05) is 6.92 Å². The van der Waals surface area contributed by atoms with Crippen molar-refractivity contribution in [3.8, 4) is 0 Å². The lowest BCUT2D eigenvalue weighted by Crippen LogP contribution is -2.44. The molecule has 1 aliphatic rings. The van der Waals surface area contributed by atoms with Gasteiger partial charge in [0.05, 0.1) is 7.11 Å². The van der Waals surface area contributed by atoms with E-state index in [1.54, 1.807) is 7.11 Å². The second kappa shape index (κ2) is 5.58. The van der Waals surface area contributed by atoms with E-state index in [0.29, 0.717) is 6.04 Å². The molecule has 0 aromatic rings. The average Bonchev–Trinajstić information content (AvgIpc) is 2.18. The zero-order valence-electron chi connectivity index (χ0n) is 9.05. The predicted molar refractivity (Wildman–Crippen MR) is 54.4 cm³/mol. The van der Waals surface area contributed by atoms with Gasteiger partial charge in [0.2, 0.25) is 0 Å². The molecule has 0 aromatic carbocycles. The molecule has 13 heavy (non-hydrogen) atoms. The fourth-order valence-electron chi connectivity index (χ4n) is 2.07. The van der Waals surface area contributed by atoms with Crippen LogP contribution < -0.4 is 5.48 Å². The predicted octanol–water partition coefficient (Wildman–Crippen LogP) is 1.26. The summed E-state index contributed by atoms with van der Waals surface area (Å²) in [6.45, 7) is 8.10. The standard InChI is InChI=1S/C10H22N2O/c1-4-12-7-5-6-10(8-12)9(2)11-13-3/h9-11H,4-8H2,1-3H3. The van der Waals surface area contributed by atoms with Gasteiger partial charge in [-0.2, -0.15) is 5.48 Å². The minimum absolute atomic E-state index is 0.472. The third kappa shape index (κ3) is 3.25. The van der Waals surface area contributed by atoms with Crippen LogP contribution in [0.5, 0.6) is 0 Å². The van der Waals surface area contributed by atoms with Gasteiger partial charge in [0, 0.05) is 12.6 Å². The summed E-state index contributed by atoms with van der Waals surface area (Å²) in [5.41, 5.74) is 3.03. The molecule has 2 atom stereocenters. The lowest BCUT2D eigenvalue weighted by molar-refractivity contribution is 0.0298. The van der Waals surface area contributed by atoms with Crippen LogP contribution in [0.25, 0.3) is 0 Å². The van der Waals surface area contributed by atoms with Gasteiger partial charge in [-0.15, -0.1) is 0 Å². The van der Waals surface area contributed by atoms with Crippen LogP contribution in [-0.4, -0.2) is 37.7 Å². The fourth-order valence-corrected chi connectivity index (χ4v) is 2.07. The van der Waals surface area contributed by atoms with Crippen molar-refractivity contribution in [2.45, 2.75) is 32.7 Å². The van der Waals surface area contributed by atoms with Crippen LogP contribution in [0, 0.1) is 5.92 Å². The Morgan fingerprint density at radius 2 is 2.38 bits per heavy atom. The van der Waals surface area contributed by atoms with E-state index >= 15 is 0 Å². The molecule has 0 aromatic heterocycles. The first-order valence-electron chi connectivity index (χ1n) is 5.28. The second-order valence-electron chi connectivity index (χ2n) is 3.91. The Kier molecular flexibility index (Phi) is 4.70. The third-order valence-corrected chi connectivity index (χ3v) is 3.00. The zero-order valence-corrected chi connectivity index (χ0v) is 9.05. The van der Waals surface area contributed by atoms with Gasteiger partial charge in [0.15, 0.2) is 0 Å². The number of nitrogens with one attached hydrogen (secondary N) is 1. The number of hydrogen-bond donors (Lipinski definition) is 1. The summed E-state index contributed by atoms with van der Waals surface area (Å²) in [6, 6.07) is 0.472. The Balaban J connectivity index is 2.32. The van der Waals surface area contributed by atoms with Crippen LogP contribution in [0.3, 0.4) is 0 Å². The normalized spacial score (nSPS) is 27.5. The van der Waals surface area contributed by atoms with Gasteiger partial charge >= 0.3 is 0 Å². The minimum atomic E-state index is 0.472. The molecule has 78 valence electrons. The topological polar surface area (TPSA) is 24.5 Å². The smallest absolute Gasteiger partial charge is 0.0572 e. The van der Waals surface area contributed by atoms with Gasteiger partial charge in [-0.05, 0) is 38.8 Å². The Bertz CT molecular complexity index is 141. The molecule has 0 bridgehead atoms. The van der Waals surface area contributed by atoms with Crippen molar-refractivity contribution in [1.29, 1.82) is 0 Å². The van der Waals surface area contributed by atoms with Crippen molar-refractivity contribution >= 4 is 0 Å². The zero-order chi connectivity index (χ0) is 9.68. The van der Waals surface area contributed by atoms with Gasteiger partial charge < -0.3 is 9.74 Å². The van der Waals surface area contributed by atoms with Crippen LogP contribution in [0.15, 0.2) is 0 Å². The first-order valence-corrected chi connectivity index (χ1v) is 5.28. The molecule has 1 N–H and O–H groups in total. The lowest BCUT2D eigenvalue weighted by Gasteiger charge is -2.34. The molecular formula is C10H22N2O. The summed E-state index contributed by atoms with van der Waals surface area (Å²) < 4.78 is 0. The van der Waals surface area contributed by atoms with E-state index in [1.807, 2.05) is 0 Å². The van der Waals surface area contributed by atoms with Crippen molar-refractivity contribution in [3.05, 3.63) is 0 Å². The van der Waals surface area contributed by atoms with E-state index in [1.165, 1.54) is 32.5 Å². The Morgan fingerprint density at radius 1 is 1.62 bits per heavy atom. The number of nitrogens with zero attached hydrogens (tertiary/aromatic N) is 1. The Morgan fingerprint density at radius 3 is 3.00 bits per heavy atom. The van der Waals surface area contributed by atoms with Crippen molar-refractivity contribution in [2.75, 3.05) is 26.7 Å². The van der Waals surface area contributed by atoms with E-state index in [-0.39, 0.29) is 0 Å². The van der Waals surface area contributed by atoms with Crippen molar-refractivity contribution < 1.29 is 4.84 Å². The molecule has 0 amide bonds. The quantitative estimate of drug-likeness (QED) is 0.669. The van der Waals surface area contributed by atoms with Crippen LogP contribution >= 0.6 is 0 Å². The van der Waals surface area contributed by atoms with Crippen molar-refractivity contribution in [1.82, 2.24) is 10.4 Å². The molecule has 3 nitrogen and oxygen atoms in total. The van der Waals surface area contributed by atoms with Gasteiger partial charge in [0.25, 0.3) is 0 Å². The van der Waals surface area contributed by atoms with Gasteiger partial charge in [-0.3, -0.25) is 0 Å². The van der Waals surface area contributed by atoms with E-state index in [4.69, 9.17) is 4.84 Å². The highest BCUT2D eigenvalue weighted by molar-refractivity contribution is 4.78. The minimum Gasteiger partial charge on any atom is -0.305 e. The summed E-state index contributed by atoms with van der Waals surface area (Å²) in [5, 5.41) is 0. The molecule has 2 unspecified atom stereocenters. The van der Waals surface area contributed by atoms with Crippen LogP contribution in [0.1, 0.15) is 26.7 Å². The molecule has 0 saturated carbocycles. The molecule has 1 heterocycles. The summed E-state index contributed by atoms with van der Waals surface area (Å²) in [7, 11) is 1.69. The summed E-state index contributed by atoms with van der Waals surface area (Å²) in [5.74, 6) is 0.744. The van der Waals surface area contributed by atoms with E-state index in [2.05, 4.69) is 24.2 Å². The van der Waals surface area contributed by atoms with Crippen LogP contribution in [0.2, 0.25) is 0 Å². The maximum absolute atomic E-state index is 4.96. The number of piperidine rings is 1. The monoisotopic (exact) mass is 186 g/mol. The van der Waals surface area contributed by atoms with E-state index in [9.17, 15) is 0 Å². The molecule has 1 saturated heterocycles. The summed E-state index contributed by atoms with van der Waals surface area (Å²) in [4.78, 5) is 7.47. The number of rotatable bonds is 4. The number of hydrogen-bond acceptors (Lipinski definition) is 3. The number of likely N-dealkylation sites (tertiary alicyclic amines) is 1. The van der Waals surface area contributed by atoms with Crippen molar-refractivity contribution in [2.24, 2.45) is 5.92 Å². The van der Waals surface area contributed by atoms with E-state index < -0.39 is 0 Å². The highest BCUT2D eigenvalue weighted by Gasteiger charge is 2.23. The third-order valence-electron chi connectivity index (χ3n) is 3.00. The first-order chi connectivity index (χ1) is 6.27. The molecule has 3 heteroatoms. The summed E-state index contributed by atoms with van der Waals surface area (Å²) in [6.07, 6.45) is 2.66. The number of hydroxylamine groups is 1. The Hall–Kier alpha value is -0.120. The van der Waals surface area contributed by atoms with Crippen molar-refractivity contribution in [3.63, 3.8) is 0 Å². The van der Waals surface area contributed by atoms with Crippen LogP contribution in [0.4, 0.5) is 0 Å². The van der Waals surface area contributed by atoms with E-state index in [0.717, 1.165) is 5.92 Å². The highest BCUT2D eigenvalue weighted by atomic mass is 16.6. The molecular weight excluding hydrogens is 164 g/mol. The fraction of sp³-hybridized carbons (Fsp3) is 1.00. The molecule has 0 radical (unpaired) electrons. The lowest BCUT2D eigenvalue weighted by atomic mass is 9.92. The maximum Gasteiger partial charge on any atom is 0.0572 e. The molecule has 0 spiro atoms. The second-order valence-corrected chi connectivity index (χ2v) is 3.91. The largest absolute Gasteiger partial charge is 0.305 e. The maximum atomic E-state index is 4.96. The Labute approximate surface area is 81.4 Å². The first kappa shape index (κ1) is 11.0. The average molecular weight is 186 g/mol. The molecule has 1 rings (SSSR count). The SMILES string of the molecule is CCN1CCCC(C(C)NOC)C1. The highest BCUT2D eigenvalue weighted by Crippen LogP contribution is 2.19. The molecule has 1 aliphatic heterocycles. The summed E-state index contributed by atoms with van der Waals surface area (Å²) >= 11 is 0. The van der Waals surface area contributed by atoms with Gasteiger partial charge in [-0.25, -0.2) is 0 Å². The molecule has 0 aliphatic carbocycles. The molecule has 1 fully saturated rings.